The number of fused-ring (bicyclic) bond motifs is 1. The van der Waals surface area contributed by atoms with E-state index in [9.17, 15) is 13.2 Å². The Morgan fingerprint density at radius 1 is 1.00 bits per heavy atom. The number of rotatable bonds is 4. The van der Waals surface area contributed by atoms with Gasteiger partial charge >= 0.3 is 0 Å². The summed E-state index contributed by atoms with van der Waals surface area (Å²) >= 11 is 0. The van der Waals surface area contributed by atoms with E-state index in [-0.39, 0.29) is 18.6 Å². The molecule has 7 nitrogen and oxygen atoms in total. The van der Waals surface area contributed by atoms with Crippen molar-refractivity contribution in [3.05, 3.63) is 47.0 Å². The van der Waals surface area contributed by atoms with E-state index in [1.54, 1.807) is 18.2 Å². The molecule has 2 aromatic carbocycles. The van der Waals surface area contributed by atoms with Gasteiger partial charge in [-0.2, -0.15) is 4.31 Å². The number of sulfonamides is 1. The van der Waals surface area contributed by atoms with Gasteiger partial charge in [0, 0.05) is 30.8 Å². The minimum atomic E-state index is -3.58. The van der Waals surface area contributed by atoms with E-state index in [1.165, 1.54) is 4.31 Å². The number of aryl methyl sites for hydroxylation is 3. The number of nitrogens with zero attached hydrogens (tertiary/aromatic N) is 1. The molecule has 1 fully saturated rings. The quantitative estimate of drug-likeness (QED) is 0.804. The van der Waals surface area contributed by atoms with Crippen LogP contribution >= 0.6 is 0 Å². The summed E-state index contributed by atoms with van der Waals surface area (Å²) in [7, 11) is -3.58. The fourth-order valence-corrected chi connectivity index (χ4v) is 6.16. The van der Waals surface area contributed by atoms with Crippen LogP contribution in [0.3, 0.4) is 0 Å². The number of piperidine rings is 1. The smallest absolute Gasteiger partial charge is 0.243 e. The molecule has 0 atom stereocenters. The van der Waals surface area contributed by atoms with Crippen molar-refractivity contribution in [2.75, 3.05) is 25.2 Å². The fourth-order valence-electron chi connectivity index (χ4n) is 4.28. The van der Waals surface area contributed by atoms with Crippen LogP contribution in [0.25, 0.3) is 0 Å². The molecule has 4 rings (SSSR count). The van der Waals surface area contributed by atoms with Crippen molar-refractivity contribution < 1.29 is 22.7 Å². The fraction of sp³-hybridized carbons (Fsp3) is 0.409. The van der Waals surface area contributed by atoms with Crippen LogP contribution in [0.2, 0.25) is 0 Å². The van der Waals surface area contributed by atoms with Gasteiger partial charge in [-0.05, 0) is 56.9 Å². The zero-order valence-corrected chi connectivity index (χ0v) is 18.2. The van der Waals surface area contributed by atoms with E-state index in [4.69, 9.17) is 9.47 Å². The van der Waals surface area contributed by atoms with Crippen molar-refractivity contribution in [3.63, 3.8) is 0 Å². The van der Waals surface area contributed by atoms with Crippen molar-refractivity contribution in [1.82, 2.24) is 4.31 Å². The van der Waals surface area contributed by atoms with Gasteiger partial charge in [0.05, 0.1) is 4.90 Å². The first-order valence-electron chi connectivity index (χ1n) is 10.0. The van der Waals surface area contributed by atoms with Crippen LogP contribution in [0.15, 0.2) is 35.2 Å². The number of carbonyl (C=O) groups is 1. The normalized spacial score (nSPS) is 17.2. The topological polar surface area (TPSA) is 84.9 Å². The summed E-state index contributed by atoms with van der Waals surface area (Å²) in [6.45, 7) is 6.46. The second-order valence-corrected chi connectivity index (χ2v) is 9.84. The molecule has 0 bridgehead atoms. The molecule has 2 aliphatic heterocycles. The lowest BCUT2D eigenvalue weighted by Crippen LogP contribution is -2.41. The predicted octanol–water partition coefficient (Wildman–Crippen LogP) is 3.38. The summed E-state index contributed by atoms with van der Waals surface area (Å²) in [5.74, 6) is 0.932. The molecule has 2 aromatic rings. The number of carbonyl (C=O) groups excluding carboxylic acids is 1. The van der Waals surface area contributed by atoms with E-state index in [0.717, 1.165) is 16.7 Å². The molecule has 0 radical (unpaired) electrons. The Hall–Kier alpha value is -2.58. The molecule has 160 valence electrons. The summed E-state index contributed by atoms with van der Waals surface area (Å²) in [6, 6.07) is 9.06. The monoisotopic (exact) mass is 430 g/mol. The number of hydrogen-bond donors (Lipinski definition) is 1. The van der Waals surface area contributed by atoms with Crippen LogP contribution in [0, 0.1) is 26.7 Å². The zero-order valence-electron chi connectivity index (χ0n) is 17.4. The van der Waals surface area contributed by atoms with E-state index >= 15 is 0 Å². The first-order valence-corrected chi connectivity index (χ1v) is 11.5. The van der Waals surface area contributed by atoms with Crippen LogP contribution in [0.1, 0.15) is 29.5 Å². The summed E-state index contributed by atoms with van der Waals surface area (Å²) < 4.78 is 38.6. The van der Waals surface area contributed by atoms with E-state index in [2.05, 4.69) is 5.32 Å². The molecule has 0 aliphatic carbocycles. The van der Waals surface area contributed by atoms with Crippen molar-refractivity contribution in [1.29, 1.82) is 0 Å². The Morgan fingerprint density at radius 2 is 1.63 bits per heavy atom. The highest BCUT2D eigenvalue weighted by Crippen LogP contribution is 2.35. The first-order chi connectivity index (χ1) is 14.3. The van der Waals surface area contributed by atoms with Gasteiger partial charge < -0.3 is 14.8 Å². The minimum Gasteiger partial charge on any atom is -0.454 e. The summed E-state index contributed by atoms with van der Waals surface area (Å²) in [5, 5.41) is 2.91. The second-order valence-electron chi connectivity index (χ2n) is 7.96. The van der Waals surface area contributed by atoms with Gasteiger partial charge in [0.2, 0.25) is 22.7 Å². The van der Waals surface area contributed by atoms with Crippen LogP contribution in [-0.2, 0) is 14.8 Å². The van der Waals surface area contributed by atoms with Gasteiger partial charge in [-0.1, -0.05) is 17.7 Å². The van der Waals surface area contributed by atoms with Gasteiger partial charge in [0.25, 0.3) is 0 Å². The lowest BCUT2D eigenvalue weighted by molar-refractivity contribution is -0.120. The Labute approximate surface area is 177 Å². The molecule has 2 heterocycles. The standard InChI is InChI=1S/C22H26N2O5S/c1-14-10-15(2)21(16(3)11-14)30(26,27)24-8-6-17(7-9-24)22(25)23-18-4-5-19-20(12-18)29-13-28-19/h4-5,10-12,17H,6-9,13H2,1-3H3,(H,23,25). The van der Waals surface area contributed by atoms with Crippen LogP contribution in [0.5, 0.6) is 11.5 Å². The van der Waals surface area contributed by atoms with Crippen molar-refractivity contribution >= 4 is 21.6 Å². The van der Waals surface area contributed by atoms with E-state index in [0.29, 0.717) is 48.0 Å². The number of anilines is 1. The third kappa shape index (κ3) is 3.89. The number of hydrogen-bond acceptors (Lipinski definition) is 5. The Kier molecular flexibility index (Phi) is 5.46. The van der Waals surface area contributed by atoms with Crippen LogP contribution < -0.4 is 14.8 Å². The SMILES string of the molecule is Cc1cc(C)c(S(=O)(=O)N2CCC(C(=O)Nc3ccc4c(c3)OCO4)CC2)c(C)c1. The third-order valence-electron chi connectivity index (χ3n) is 5.67. The summed E-state index contributed by atoms with van der Waals surface area (Å²) in [4.78, 5) is 13.1. The highest BCUT2D eigenvalue weighted by molar-refractivity contribution is 7.89. The van der Waals surface area contributed by atoms with Crippen molar-refractivity contribution in [2.24, 2.45) is 5.92 Å². The van der Waals surface area contributed by atoms with Crippen LogP contribution in [0.4, 0.5) is 5.69 Å². The molecule has 1 amide bonds. The van der Waals surface area contributed by atoms with Gasteiger partial charge in [0.15, 0.2) is 11.5 Å². The van der Waals surface area contributed by atoms with Gasteiger partial charge in [-0.3, -0.25) is 4.79 Å². The molecule has 0 spiro atoms. The average molecular weight is 431 g/mol. The maximum atomic E-state index is 13.2. The molecule has 1 saturated heterocycles. The predicted molar refractivity (Wildman–Crippen MR) is 113 cm³/mol. The second kappa shape index (κ2) is 7.92. The maximum Gasteiger partial charge on any atom is 0.243 e. The van der Waals surface area contributed by atoms with Crippen molar-refractivity contribution in [2.45, 2.75) is 38.5 Å². The van der Waals surface area contributed by atoms with Crippen molar-refractivity contribution in [3.8, 4) is 11.5 Å². The van der Waals surface area contributed by atoms with Gasteiger partial charge in [0.1, 0.15) is 0 Å². The van der Waals surface area contributed by atoms with Gasteiger partial charge in [-0.25, -0.2) is 8.42 Å². The maximum absolute atomic E-state index is 13.2. The van der Waals surface area contributed by atoms with Gasteiger partial charge in [-0.15, -0.1) is 0 Å². The number of benzene rings is 2. The highest BCUT2D eigenvalue weighted by Gasteiger charge is 2.33. The van der Waals surface area contributed by atoms with E-state index in [1.807, 2.05) is 32.9 Å². The zero-order chi connectivity index (χ0) is 21.5. The Balaban J connectivity index is 1.41. The van der Waals surface area contributed by atoms with E-state index < -0.39 is 10.0 Å². The average Bonchev–Trinajstić information content (AvgIpc) is 3.15. The number of nitrogens with one attached hydrogen (secondary N) is 1. The molecule has 30 heavy (non-hydrogen) atoms. The Morgan fingerprint density at radius 3 is 2.30 bits per heavy atom. The molecule has 1 N–H and O–H groups in total. The van der Waals surface area contributed by atoms with Crippen LogP contribution in [-0.4, -0.2) is 38.5 Å². The number of ether oxygens (including phenoxy) is 2. The molecule has 0 aromatic heterocycles. The molecule has 0 saturated carbocycles. The lowest BCUT2D eigenvalue weighted by atomic mass is 9.97. The summed E-state index contributed by atoms with van der Waals surface area (Å²) in [5.41, 5.74) is 3.21. The lowest BCUT2D eigenvalue weighted by Gasteiger charge is -2.31. The first kappa shape index (κ1) is 20.7. The minimum absolute atomic E-state index is 0.103. The largest absolute Gasteiger partial charge is 0.454 e. The molecular formula is C22H26N2O5S. The third-order valence-corrected chi connectivity index (χ3v) is 7.87. The Bertz CT molecular complexity index is 1070. The molecular weight excluding hydrogens is 404 g/mol. The summed E-state index contributed by atoms with van der Waals surface area (Å²) in [6.07, 6.45) is 0.971. The number of amides is 1. The highest BCUT2D eigenvalue weighted by atomic mass is 32.2. The molecule has 2 aliphatic rings. The molecule has 0 unspecified atom stereocenters. The molecule has 8 heteroatoms.